The number of thiophene rings is 1. The average molecular weight is 344 g/mol. The van der Waals surface area contributed by atoms with Crippen LogP contribution in [0.15, 0.2) is 15.9 Å². The van der Waals surface area contributed by atoms with Gasteiger partial charge in [-0.2, -0.15) is 0 Å². The van der Waals surface area contributed by atoms with E-state index in [9.17, 15) is 0 Å². The van der Waals surface area contributed by atoms with Gasteiger partial charge in [0.1, 0.15) is 0 Å². The van der Waals surface area contributed by atoms with Crippen molar-refractivity contribution >= 4 is 27.3 Å². The SMILES string of the molecule is CCCCC1CCC(C(NC)c2ccc(Br)s2)CC1. The molecule has 1 saturated carbocycles. The Morgan fingerprint density at radius 1 is 1.32 bits per heavy atom. The zero-order valence-electron chi connectivity index (χ0n) is 12.1. The molecule has 19 heavy (non-hydrogen) atoms. The molecule has 0 amide bonds. The van der Waals surface area contributed by atoms with Crippen LogP contribution in [0.1, 0.15) is 62.8 Å². The van der Waals surface area contributed by atoms with Crippen LogP contribution in [0.5, 0.6) is 0 Å². The van der Waals surface area contributed by atoms with Gasteiger partial charge in [-0.25, -0.2) is 0 Å². The van der Waals surface area contributed by atoms with E-state index in [1.165, 1.54) is 53.6 Å². The van der Waals surface area contributed by atoms with Crippen LogP contribution in [0.4, 0.5) is 0 Å². The minimum absolute atomic E-state index is 0.559. The van der Waals surface area contributed by atoms with E-state index in [0.717, 1.165) is 11.8 Å². The molecule has 1 unspecified atom stereocenters. The van der Waals surface area contributed by atoms with E-state index < -0.39 is 0 Å². The first-order chi connectivity index (χ1) is 9.24. The molecular weight excluding hydrogens is 318 g/mol. The molecule has 1 aliphatic carbocycles. The van der Waals surface area contributed by atoms with Crippen molar-refractivity contribution in [1.82, 2.24) is 5.32 Å². The van der Waals surface area contributed by atoms with Crippen molar-refractivity contribution in [3.8, 4) is 0 Å². The molecule has 0 radical (unpaired) electrons. The summed E-state index contributed by atoms with van der Waals surface area (Å²) in [5.41, 5.74) is 0. The summed E-state index contributed by atoms with van der Waals surface area (Å²) in [6.07, 6.45) is 9.90. The van der Waals surface area contributed by atoms with Gasteiger partial charge in [-0.3, -0.25) is 0 Å². The van der Waals surface area contributed by atoms with Gasteiger partial charge in [0.25, 0.3) is 0 Å². The molecule has 0 aliphatic heterocycles. The zero-order chi connectivity index (χ0) is 13.7. The lowest BCUT2D eigenvalue weighted by Crippen LogP contribution is -2.28. The van der Waals surface area contributed by atoms with E-state index in [1.54, 1.807) is 0 Å². The molecule has 3 heteroatoms. The maximum Gasteiger partial charge on any atom is 0.0701 e. The van der Waals surface area contributed by atoms with E-state index >= 15 is 0 Å². The normalized spacial score (nSPS) is 25.4. The van der Waals surface area contributed by atoms with Crippen LogP contribution in [0.3, 0.4) is 0 Å². The van der Waals surface area contributed by atoms with Crippen LogP contribution in [-0.2, 0) is 0 Å². The Bertz CT molecular complexity index is 369. The molecule has 1 aromatic rings. The Morgan fingerprint density at radius 2 is 2.05 bits per heavy atom. The third kappa shape index (κ3) is 4.30. The molecule has 0 aromatic carbocycles. The van der Waals surface area contributed by atoms with E-state index in [-0.39, 0.29) is 0 Å². The molecule has 1 aliphatic rings. The maximum absolute atomic E-state index is 3.58. The zero-order valence-corrected chi connectivity index (χ0v) is 14.5. The molecule has 2 rings (SSSR count). The summed E-state index contributed by atoms with van der Waals surface area (Å²) in [7, 11) is 2.11. The second kappa shape index (κ2) is 7.80. The number of hydrogen-bond acceptors (Lipinski definition) is 2. The van der Waals surface area contributed by atoms with Gasteiger partial charge in [-0.15, -0.1) is 11.3 Å². The Kier molecular flexibility index (Phi) is 6.37. The van der Waals surface area contributed by atoms with Gasteiger partial charge in [0.2, 0.25) is 0 Å². The van der Waals surface area contributed by atoms with Crippen LogP contribution in [-0.4, -0.2) is 7.05 Å². The molecule has 0 spiro atoms. The highest BCUT2D eigenvalue weighted by atomic mass is 79.9. The first-order valence-electron chi connectivity index (χ1n) is 7.67. The number of unbranched alkanes of at least 4 members (excludes halogenated alkanes) is 1. The summed E-state index contributed by atoms with van der Waals surface area (Å²) in [6, 6.07) is 5.01. The molecule has 0 bridgehead atoms. The molecule has 1 fully saturated rings. The van der Waals surface area contributed by atoms with Crippen molar-refractivity contribution in [1.29, 1.82) is 0 Å². The summed E-state index contributed by atoms with van der Waals surface area (Å²) >= 11 is 5.47. The van der Waals surface area contributed by atoms with Crippen molar-refractivity contribution in [2.24, 2.45) is 11.8 Å². The van der Waals surface area contributed by atoms with Crippen molar-refractivity contribution in [3.63, 3.8) is 0 Å². The van der Waals surface area contributed by atoms with Crippen molar-refractivity contribution in [3.05, 3.63) is 20.8 Å². The van der Waals surface area contributed by atoms with Crippen LogP contribution in [0, 0.1) is 11.8 Å². The topological polar surface area (TPSA) is 12.0 Å². The molecule has 1 heterocycles. The summed E-state index contributed by atoms with van der Waals surface area (Å²) in [5.74, 6) is 1.83. The third-order valence-electron chi connectivity index (χ3n) is 4.54. The number of halogens is 1. The fraction of sp³-hybridized carbons (Fsp3) is 0.750. The van der Waals surface area contributed by atoms with Crippen molar-refractivity contribution < 1.29 is 0 Å². The Balaban J connectivity index is 1.88. The minimum Gasteiger partial charge on any atom is -0.312 e. The molecular formula is C16H26BrNS. The van der Waals surface area contributed by atoms with E-state index in [2.05, 4.69) is 47.4 Å². The highest BCUT2D eigenvalue weighted by molar-refractivity contribution is 9.11. The highest BCUT2D eigenvalue weighted by Gasteiger charge is 2.28. The van der Waals surface area contributed by atoms with Crippen LogP contribution in [0.2, 0.25) is 0 Å². The van der Waals surface area contributed by atoms with Gasteiger partial charge in [-0.05, 0) is 59.8 Å². The van der Waals surface area contributed by atoms with Gasteiger partial charge in [0.05, 0.1) is 3.79 Å². The predicted octanol–water partition coefficient (Wildman–Crippen LogP) is 5.77. The second-order valence-electron chi connectivity index (χ2n) is 5.83. The Labute approximate surface area is 130 Å². The summed E-state index contributed by atoms with van der Waals surface area (Å²) < 4.78 is 1.25. The molecule has 0 saturated heterocycles. The fourth-order valence-corrected chi connectivity index (χ4v) is 5.04. The standard InChI is InChI=1S/C16H26BrNS/c1-3-4-5-12-6-8-13(9-7-12)16(18-2)14-10-11-15(17)19-14/h10-13,16,18H,3-9H2,1-2H3. The summed E-state index contributed by atoms with van der Waals surface area (Å²) in [5, 5.41) is 3.55. The minimum atomic E-state index is 0.559. The van der Waals surface area contributed by atoms with E-state index in [4.69, 9.17) is 0 Å². The fourth-order valence-electron chi connectivity index (χ4n) is 3.41. The van der Waals surface area contributed by atoms with Crippen molar-refractivity contribution in [2.45, 2.75) is 57.9 Å². The maximum atomic E-state index is 3.58. The molecule has 1 nitrogen and oxygen atoms in total. The van der Waals surface area contributed by atoms with Crippen LogP contribution >= 0.6 is 27.3 Å². The quantitative estimate of drug-likeness (QED) is 0.691. The average Bonchev–Trinajstić information content (AvgIpc) is 2.85. The lowest BCUT2D eigenvalue weighted by atomic mass is 9.76. The number of nitrogens with one attached hydrogen (secondary N) is 1. The van der Waals surface area contributed by atoms with E-state index in [1.807, 2.05) is 11.3 Å². The molecule has 1 atom stereocenters. The molecule has 1 aromatic heterocycles. The molecule has 108 valence electrons. The Morgan fingerprint density at radius 3 is 2.58 bits per heavy atom. The first kappa shape index (κ1) is 15.5. The summed E-state index contributed by atoms with van der Waals surface area (Å²) in [6.45, 7) is 2.30. The Hall–Kier alpha value is 0.140. The smallest absolute Gasteiger partial charge is 0.0701 e. The van der Waals surface area contributed by atoms with Gasteiger partial charge in [0.15, 0.2) is 0 Å². The first-order valence-corrected chi connectivity index (χ1v) is 9.28. The second-order valence-corrected chi connectivity index (χ2v) is 8.33. The summed E-state index contributed by atoms with van der Waals surface area (Å²) in [4.78, 5) is 1.49. The number of hydrogen-bond donors (Lipinski definition) is 1. The van der Waals surface area contributed by atoms with Gasteiger partial charge < -0.3 is 5.32 Å². The van der Waals surface area contributed by atoms with Gasteiger partial charge in [-0.1, -0.05) is 39.0 Å². The van der Waals surface area contributed by atoms with Gasteiger partial charge in [0, 0.05) is 10.9 Å². The predicted molar refractivity (Wildman–Crippen MR) is 88.8 cm³/mol. The van der Waals surface area contributed by atoms with Gasteiger partial charge >= 0.3 is 0 Å². The van der Waals surface area contributed by atoms with Crippen LogP contribution in [0.25, 0.3) is 0 Å². The van der Waals surface area contributed by atoms with E-state index in [0.29, 0.717) is 6.04 Å². The van der Waals surface area contributed by atoms with Crippen LogP contribution < -0.4 is 5.32 Å². The number of rotatable bonds is 6. The third-order valence-corrected chi connectivity index (χ3v) is 6.25. The largest absolute Gasteiger partial charge is 0.312 e. The van der Waals surface area contributed by atoms with Crippen molar-refractivity contribution in [2.75, 3.05) is 7.05 Å². The molecule has 1 N–H and O–H groups in total. The monoisotopic (exact) mass is 343 g/mol. The highest BCUT2D eigenvalue weighted by Crippen LogP contribution is 2.40. The lowest BCUT2D eigenvalue weighted by Gasteiger charge is -2.33. The lowest BCUT2D eigenvalue weighted by molar-refractivity contribution is 0.219.